The topological polar surface area (TPSA) is 29.9 Å². The number of likely N-dealkylation sites (N-methyl/N-ethyl adjacent to an activating group) is 1. The Hall–Kier alpha value is -1.68. The van der Waals surface area contributed by atoms with E-state index in [0.717, 1.165) is 29.8 Å². The van der Waals surface area contributed by atoms with E-state index in [9.17, 15) is 4.39 Å². The summed E-state index contributed by atoms with van der Waals surface area (Å²) in [6, 6.07) is 4.91. The van der Waals surface area contributed by atoms with Gasteiger partial charge in [0.2, 0.25) is 0 Å². The van der Waals surface area contributed by atoms with Gasteiger partial charge >= 0.3 is 0 Å². The molecule has 0 fully saturated rings. The van der Waals surface area contributed by atoms with Crippen LogP contribution in [-0.2, 0) is 13.0 Å². The fourth-order valence-corrected chi connectivity index (χ4v) is 2.47. The molecule has 0 unspecified atom stereocenters. The smallest absolute Gasteiger partial charge is 0.123 e. The monoisotopic (exact) mass is 275 g/mol. The molecule has 0 saturated heterocycles. The molecule has 1 N–H and O–H groups in total. The van der Waals surface area contributed by atoms with Crippen LogP contribution in [0, 0.1) is 26.6 Å². The van der Waals surface area contributed by atoms with Gasteiger partial charge in [0.05, 0.1) is 12.2 Å². The largest absolute Gasteiger partial charge is 0.319 e. The highest BCUT2D eigenvalue weighted by Crippen LogP contribution is 2.17. The van der Waals surface area contributed by atoms with Crippen molar-refractivity contribution < 1.29 is 4.39 Å². The van der Waals surface area contributed by atoms with Crippen molar-refractivity contribution in [2.75, 3.05) is 13.6 Å². The van der Waals surface area contributed by atoms with Crippen molar-refractivity contribution in [1.29, 1.82) is 0 Å². The van der Waals surface area contributed by atoms with Crippen molar-refractivity contribution in [2.45, 2.75) is 33.7 Å². The maximum atomic E-state index is 13.4. The van der Waals surface area contributed by atoms with E-state index in [1.807, 2.05) is 31.6 Å². The molecule has 2 aromatic rings. The number of benzene rings is 1. The van der Waals surface area contributed by atoms with Gasteiger partial charge in [-0.3, -0.25) is 4.68 Å². The van der Waals surface area contributed by atoms with Crippen molar-refractivity contribution in [3.05, 3.63) is 52.1 Å². The zero-order chi connectivity index (χ0) is 14.7. The summed E-state index contributed by atoms with van der Waals surface area (Å²) in [6.45, 7) is 7.68. The van der Waals surface area contributed by atoms with Crippen LogP contribution in [0.4, 0.5) is 4.39 Å². The zero-order valence-electron chi connectivity index (χ0n) is 12.6. The normalized spacial score (nSPS) is 11.1. The fourth-order valence-electron chi connectivity index (χ4n) is 2.47. The fraction of sp³-hybridized carbons (Fsp3) is 0.438. The number of nitrogens with zero attached hydrogens (tertiary/aromatic N) is 2. The third kappa shape index (κ3) is 3.07. The van der Waals surface area contributed by atoms with Crippen LogP contribution < -0.4 is 5.32 Å². The van der Waals surface area contributed by atoms with Crippen molar-refractivity contribution in [2.24, 2.45) is 0 Å². The Morgan fingerprint density at radius 2 is 2.00 bits per heavy atom. The molecule has 0 bridgehead atoms. The van der Waals surface area contributed by atoms with E-state index in [1.54, 1.807) is 6.07 Å². The van der Waals surface area contributed by atoms with Crippen molar-refractivity contribution >= 4 is 0 Å². The van der Waals surface area contributed by atoms with Gasteiger partial charge < -0.3 is 5.32 Å². The minimum Gasteiger partial charge on any atom is -0.319 e. The zero-order valence-corrected chi connectivity index (χ0v) is 12.6. The number of hydrogen-bond acceptors (Lipinski definition) is 2. The van der Waals surface area contributed by atoms with Gasteiger partial charge in [-0.15, -0.1) is 0 Å². The van der Waals surface area contributed by atoms with Gasteiger partial charge in [-0.25, -0.2) is 4.39 Å². The molecule has 1 heterocycles. The standard InChI is InChI=1S/C16H22FN3/c1-11-5-6-15(17)9-14(11)10-20-13(3)16(7-8-18-4)12(2)19-20/h5-6,9,18H,7-8,10H2,1-4H3. The quantitative estimate of drug-likeness (QED) is 0.909. The summed E-state index contributed by atoms with van der Waals surface area (Å²) in [5.41, 5.74) is 5.59. The van der Waals surface area contributed by atoms with E-state index < -0.39 is 0 Å². The summed E-state index contributed by atoms with van der Waals surface area (Å²) in [4.78, 5) is 0. The molecule has 2 rings (SSSR count). The molecule has 108 valence electrons. The highest BCUT2D eigenvalue weighted by molar-refractivity contribution is 5.29. The molecule has 0 atom stereocenters. The number of rotatable bonds is 5. The first-order chi connectivity index (χ1) is 9.52. The Bertz CT molecular complexity index is 602. The first-order valence-corrected chi connectivity index (χ1v) is 6.95. The summed E-state index contributed by atoms with van der Waals surface area (Å²) >= 11 is 0. The van der Waals surface area contributed by atoms with Crippen LogP contribution in [0.5, 0.6) is 0 Å². The molecular weight excluding hydrogens is 253 g/mol. The van der Waals surface area contributed by atoms with E-state index in [1.165, 1.54) is 17.3 Å². The second-order valence-corrected chi connectivity index (χ2v) is 5.23. The van der Waals surface area contributed by atoms with E-state index >= 15 is 0 Å². The third-order valence-electron chi connectivity index (χ3n) is 3.79. The summed E-state index contributed by atoms with van der Waals surface area (Å²) in [5, 5.41) is 7.76. The van der Waals surface area contributed by atoms with Crippen LogP contribution in [0.3, 0.4) is 0 Å². The van der Waals surface area contributed by atoms with Gasteiger partial charge in [0, 0.05) is 5.69 Å². The summed E-state index contributed by atoms with van der Waals surface area (Å²) in [6.07, 6.45) is 0.969. The highest BCUT2D eigenvalue weighted by atomic mass is 19.1. The third-order valence-corrected chi connectivity index (χ3v) is 3.79. The lowest BCUT2D eigenvalue weighted by atomic mass is 10.1. The lowest BCUT2D eigenvalue weighted by molar-refractivity contribution is 0.614. The van der Waals surface area contributed by atoms with Gasteiger partial charge in [0.1, 0.15) is 5.82 Å². The van der Waals surface area contributed by atoms with Crippen LogP contribution in [0.2, 0.25) is 0 Å². The Balaban J connectivity index is 2.27. The molecule has 0 spiro atoms. The molecule has 20 heavy (non-hydrogen) atoms. The highest BCUT2D eigenvalue weighted by Gasteiger charge is 2.12. The molecule has 0 amide bonds. The van der Waals surface area contributed by atoms with E-state index in [2.05, 4.69) is 17.3 Å². The molecule has 1 aromatic carbocycles. The van der Waals surface area contributed by atoms with E-state index in [0.29, 0.717) is 6.54 Å². The number of halogens is 1. The molecule has 3 nitrogen and oxygen atoms in total. The number of hydrogen-bond donors (Lipinski definition) is 1. The molecule has 0 aliphatic heterocycles. The average molecular weight is 275 g/mol. The number of nitrogens with one attached hydrogen (secondary N) is 1. The molecule has 1 aromatic heterocycles. The van der Waals surface area contributed by atoms with Crippen LogP contribution in [0.15, 0.2) is 18.2 Å². The van der Waals surface area contributed by atoms with Crippen molar-refractivity contribution in [1.82, 2.24) is 15.1 Å². The Morgan fingerprint density at radius 3 is 2.70 bits per heavy atom. The molecule has 0 aliphatic rings. The van der Waals surface area contributed by atoms with Gasteiger partial charge in [0.15, 0.2) is 0 Å². The van der Waals surface area contributed by atoms with Crippen LogP contribution in [0.1, 0.15) is 28.1 Å². The first-order valence-electron chi connectivity index (χ1n) is 6.95. The molecule has 0 saturated carbocycles. The first kappa shape index (κ1) is 14.7. The van der Waals surface area contributed by atoms with Gasteiger partial charge in [0.25, 0.3) is 0 Å². The van der Waals surface area contributed by atoms with E-state index in [4.69, 9.17) is 0 Å². The maximum Gasteiger partial charge on any atom is 0.123 e. The predicted octanol–water partition coefficient (Wildman–Crippen LogP) is 2.76. The summed E-state index contributed by atoms with van der Waals surface area (Å²) < 4.78 is 15.3. The van der Waals surface area contributed by atoms with E-state index in [-0.39, 0.29) is 5.82 Å². The molecule has 0 aliphatic carbocycles. The van der Waals surface area contributed by atoms with Crippen molar-refractivity contribution in [3.63, 3.8) is 0 Å². The SMILES string of the molecule is CNCCc1c(C)nn(Cc2cc(F)ccc2C)c1C. The molecule has 4 heteroatoms. The predicted molar refractivity (Wildman–Crippen MR) is 79.6 cm³/mol. The minimum atomic E-state index is -0.192. The van der Waals surface area contributed by atoms with Crippen LogP contribution >= 0.6 is 0 Å². The van der Waals surface area contributed by atoms with Crippen LogP contribution in [-0.4, -0.2) is 23.4 Å². The van der Waals surface area contributed by atoms with Crippen molar-refractivity contribution in [3.8, 4) is 0 Å². The van der Waals surface area contributed by atoms with Gasteiger partial charge in [-0.2, -0.15) is 5.10 Å². The summed E-state index contributed by atoms with van der Waals surface area (Å²) in [7, 11) is 1.95. The number of aryl methyl sites for hydroxylation is 2. The second-order valence-electron chi connectivity index (χ2n) is 5.23. The second kappa shape index (κ2) is 6.18. The average Bonchev–Trinajstić information content (AvgIpc) is 2.67. The van der Waals surface area contributed by atoms with Crippen LogP contribution in [0.25, 0.3) is 0 Å². The minimum absolute atomic E-state index is 0.192. The summed E-state index contributed by atoms with van der Waals surface area (Å²) in [5.74, 6) is -0.192. The van der Waals surface area contributed by atoms with Gasteiger partial charge in [-0.1, -0.05) is 6.07 Å². The van der Waals surface area contributed by atoms with Gasteiger partial charge in [-0.05, 0) is 69.6 Å². The lowest BCUT2D eigenvalue weighted by Gasteiger charge is -2.09. The Morgan fingerprint density at radius 1 is 1.25 bits per heavy atom. The Labute approximate surface area is 119 Å². The number of aromatic nitrogens is 2. The Kier molecular flexibility index (Phi) is 4.55. The molecular formula is C16H22FN3. The molecule has 0 radical (unpaired) electrons. The lowest BCUT2D eigenvalue weighted by Crippen LogP contribution is -2.11. The maximum absolute atomic E-state index is 13.4.